The van der Waals surface area contributed by atoms with E-state index in [1.807, 2.05) is 27.2 Å². The van der Waals surface area contributed by atoms with Gasteiger partial charge in [0.2, 0.25) is 5.91 Å². The van der Waals surface area contributed by atoms with Gasteiger partial charge < -0.3 is 35.1 Å². The first-order chi connectivity index (χ1) is 27.1. The standard InChI is InChI=1S/C44H83N2O10P/c1-6-8-10-11-12-13-14-15-16-17-18-19-20-22-27-41(49)40(35-56-57(53,54)55-32-31-46(3,4)5)45-44(52)28-24-23-26-37(48)33-39-38(42(50)34-43(39)51)30-29-36(47)25-21-9-7-2/h22,27,29-30,36,38-43,47,49-51H,6-21,23-26,28,31-35H2,1-5H3,(H-,45,52,53,54)/p+1/b27-22+,30-29+/t36-,38+,39+,40-,41+,42+,43-/m0/s1. The summed E-state index contributed by atoms with van der Waals surface area (Å²) in [6.07, 6.45) is 24.3. The highest BCUT2D eigenvalue weighted by Crippen LogP contribution is 2.43. The van der Waals surface area contributed by atoms with E-state index in [2.05, 4.69) is 19.2 Å². The van der Waals surface area contributed by atoms with Gasteiger partial charge in [0, 0.05) is 37.5 Å². The van der Waals surface area contributed by atoms with Crippen LogP contribution in [0, 0.1) is 11.8 Å². The highest BCUT2D eigenvalue weighted by Gasteiger charge is 2.41. The first-order valence-electron chi connectivity index (χ1n) is 22.4. The fourth-order valence-corrected chi connectivity index (χ4v) is 7.95. The predicted molar refractivity (Wildman–Crippen MR) is 228 cm³/mol. The number of hydrogen-bond acceptors (Lipinski definition) is 9. The van der Waals surface area contributed by atoms with Crippen LogP contribution in [0.2, 0.25) is 0 Å². The van der Waals surface area contributed by atoms with Gasteiger partial charge in [0.1, 0.15) is 18.9 Å². The Hall–Kier alpha value is -1.47. The van der Waals surface area contributed by atoms with Crippen LogP contribution in [0.1, 0.15) is 162 Å². The molecule has 57 heavy (non-hydrogen) atoms. The number of aliphatic hydroxyl groups excluding tert-OH is 4. The zero-order valence-electron chi connectivity index (χ0n) is 36.4. The van der Waals surface area contributed by atoms with Crippen molar-refractivity contribution in [3.63, 3.8) is 0 Å². The third kappa shape index (κ3) is 27.8. The van der Waals surface area contributed by atoms with Crippen LogP contribution in [0.25, 0.3) is 0 Å². The molecule has 334 valence electrons. The van der Waals surface area contributed by atoms with E-state index in [9.17, 15) is 39.5 Å². The van der Waals surface area contributed by atoms with Crippen molar-refractivity contribution in [2.75, 3.05) is 40.9 Å². The molecule has 8 atom stereocenters. The molecule has 12 nitrogen and oxygen atoms in total. The summed E-state index contributed by atoms with van der Waals surface area (Å²) in [5.41, 5.74) is 0. The third-order valence-corrected chi connectivity index (χ3v) is 11.9. The van der Waals surface area contributed by atoms with Gasteiger partial charge in [0.15, 0.2) is 0 Å². The summed E-state index contributed by atoms with van der Waals surface area (Å²) < 4.78 is 23.5. The van der Waals surface area contributed by atoms with E-state index in [0.29, 0.717) is 30.3 Å². The summed E-state index contributed by atoms with van der Waals surface area (Å²) in [4.78, 5) is 36.2. The molecule has 0 aliphatic heterocycles. The SMILES string of the molecule is CCCCCCCCCCCCCC/C=C/[C@@H](O)[C@H](COP(=O)(O)OCC[N+](C)(C)C)NC(=O)CCCCC(=O)C[C@@H]1[C@@H](/C=C/[C@@H](O)CCCCC)[C@H](O)C[C@@H]1O. The lowest BCUT2D eigenvalue weighted by molar-refractivity contribution is -0.870. The van der Waals surface area contributed by atoms with Crippen molar-refractivity contribution in [3.8, 4) is 0 Å². The second-order valence-electron chi connectivity index (χ2n) is 17.4. The van der Waals surface area contributed by atoms with Crippen LogP contribution in [-0.2, 0) is 23.2 Å². The van der Waals surface area contributed by atoms with Crippen molar-refractivity contribution in [1.29, 1.82) is 0 Å². The Morgan fingerprint density at radius 2 is 1.37 bits per heavy atom. The quantitative estimate of drug-likeness (QED) is 0.0158. The van der Waals surface area contributed by atoms with Crippen LogP contribution >= 0.6 is 7.82 Å². The van der Waals surface area contributed by atoms with Crippen molar-refractivity contribution >= 4 is 19.5 Å². The van der Waals surface area contributed by atoms with Gasteiger partial charge in [-0.3, -0.25) is 18.6 Å². The molecule has 0 spiro atoms. The first-order valence-corrected chi connectivity index (χ1v) is 23.9. The molecular formula is C44H84N2O10P+. The average molecular weight is 832 g/mol. The second kappa shape index (κ2) is 31.4. The number of carbonyl (C=O) groups excluding carboxylic acids is 2. The molecule has 1 fully saturated rings. The molecule has 1 amide bonds. The maximum Gasteiger partial charge on any atom is 0.472 e. The van der Waals surface area contributed by atoms with Crippen molar-refractivity contribution in [2.24, 2.45) is 11.8 Å². The number of allylic oxidation sites excluding steroid dienone is 1. The monoisotopic (exact) mass is 832 g/mol. The summed E-state index contributed by atoms with van der Waals surface area (Å²) in [5.74, 6) is -1.32. The Bertz CT molecular complexity index is 1160. The topological polar surface area (TPSA) is 183 Å². The summed E-state index contributed by atoms with van der Waals surface area (Å²) in [7, 11) is 1.34. The van der Waals surface area contributed by atoms with Gasteiger partial charge in [-0.05, 0) is 32.1 Å². The number of hydrogen-bond donors (Lipinski definition) is 6. The van der Waals surface area contributed by atoms with Crippen LogP contribution in [-0.4, -0.2) is 113 Å². The number of phosphoric acid groups is 1. The van der Waals surface area contributed by atoms with Gasteiger partial charge in [-0.15, -0.1) is 0 Å². The number of carbonyl (C=O) groups is 2. The van der Waals surface area contributed by atoms with Gasteiger partial charge in [-0.2, -0.15) is 0 Å². The zero-order chi connectivity index (χ0) is 42.5. The van der Waals surface area contributed by atoms with E-state index in [1.165, 1.54) is 64.2 Å². The minimum Gasteiger partial charge on any atom is -0.393 e. The number of phosphoric ester groups is 1. The number of amides is 1. The summed E-state index contributed by atoms with van der Waals surface area (Å²) in [6, 6.07) is -0.995. The Balaban J connectivity index is 2.60. The highest BCUT2D eigenvalue weighted by atomic mass is 31.2. The number of nitrogens with one attached hydrogen (secondary N) is 1. The van der Waals surface area contributed by atoms with Crippen LogP contribution in [0.4, 0.5) is 0 Å². The smallest absolute Gasteiger partial charge is 0.393 e. The van der Waals surface area contributed by atoms with Gasteiger partial charge in [0.25, 0.3) is 0 Å². The fraction of sp³-hybridized carbons (Fsp3) is 0.864. The number of Topliss-reactive ketones (excluding diaryl/α,β-unsaturated/α-hetero) is 1. The van der Waals surface area contributed by atoms with E-state index in [-0.39, 0.29) is 44.0 Å². The van der Waals surface area contributed by atoms with Crippen molar-refractivity contribution < 1.29 is 53.0 Å². The predicted octanol–water partition coefficient (Wildman–Crippen LogP) is 7.69. The molecule has 0 saturated heterocycles. The number of likely N-dealkylation sites (N-methyl/N-ethyl adjacent to an activating group) is 1. The van der Waals surface area contributed by atoms with Crippen LogP contribution in [0.3, 0.4) is 0 Å². The number of rotatable bonds is 36. The Labute approximate surface area is 346 Å². The molecule has 0 aromatic rings. The molecule has 13 heteroatoms. The Kier molecular flexibility index (Phi) is 29.5. The lowest BCUT2D eigenvalue weighted by Crippen LogP contribution is -2.45. The molecule has 6 N–H and O–H groups in total. The van der Waals surface area contributed by atoms with Crippen LogP contribution in [0.5, 0.6) is 0 Å². The number of aliphatic hydroxyl groups is 4. The molecule has 1 aliphatic rings. The van der Waals surface area contributed by atoms with E-state index >= 15 is 0 Å². The molecule has 0 aromatic carbocycles. The van der Waals surface area contributed by atoms with E-state index < -0.39 is 56.7 Å². The first kappa shape index (κ1) is 53.5. The molecule has 1 rings (SSSR count). The molecule has 0 aromatic heterocycles. The maximum absolute atomic E-state index is 13.0. The van der Waals surface area contributed by atoms with Crippen LogP contribution in [0.15, 0.2) is 24.3 Å². The summed E-state index contributed by atoms with van der Waals surface area (Å²) in [5, 5.41) is 45.1. The highest BCUT2D eigenvalue weighted by molar-refractivity contribution is 7.47. The molecule has 0 heterocycles. The van der Waals surface area contributed by atoms with Gasteiger partial charge in [-0.1, -0.05) is 128 Å². The number of unbranched alkanes of at least 4 members (excludes halogenated alkanes) is 15. The average Bonchev–Trinajstić information content (AvgIpc) is 3.40. The summed E-state index contributed by atoms with van der Waals surface area (Å²) in [6.45, 7) is 4.37. The molecule has 0 radical (unpaired) electrons. The minimum absolute atomic E-state index is 0.00553. The van der Waals surface area contributed by atoms with E-state index in [4.69, 9.17) is 9.05 Å². The fourth-order valence-electron chi connectivity index (χ4n) is 7.21. The van der Waals surface area contributed by atoms with Crippen molar-refractivity contribution in [2.45, 2.75) is 192 Å². The van der Waals surface area contributed by atoms with Crippen molar-refractivity contribution in [3.05, 3.63) is 24.3 Å². The number of quaternary nitrogens is 1. The van der Waals surface area contributed by atoms with Crippen LogP contribution < -0.4 is 5.32 Å². The van der Waals surface area contributed by atoms with E-state index in [0.717, 1.165) is 38.5 Å². The lowest BCUT2D eigenvalue weighted by atomic mass is 9.87. The Morgan fingerprint density at radius 1 is 0.789 bits per heavy atom. The normalized spacial score (nSPS) is 21.6. The lowest BCUT2D eigenvalue weighted by Gasteiger charge is -2.25. The zero-order valence-corrected chi connectivity index (χ0v) is 37.3. The van der Waals surface area contributed by atoms with Gasteiger partial charge >= 0.3 is 7.82 Å². The van der Waals surface area contributed by atoms with Gasteiger partial charge in [0.05, 0.1) is 58.2 Å². The number of ketones is 1. The van der Waals surface area contributed by atoms with Gasteiger partial charge in [-0.25, -0.2) is 4.57 Å². The molecule has 1 saturated carbocycles. The molecule has 0 bridgehead atoms. The number of nitrogens with zero attached hydrogens (tertiary/aromatic N) is 1. The molecular weight excluding hydrogens is 747 g/mol. The largest absolute Gasteiger partial charge is 0.472 e. The van der Waals surface area contributed by atoms with E-state index in [1.54, 1.807) is 18.2 Å². The third-order valence-electron chi connectivity index (χ3n) is 10.9. The molecule has 1 unspecified atom stereocenters. The Morgan fingerprint density at radius 3 is 1.98 bits per heavy atom. The minimum atomic E-state index is -4.44. The maximum atomic E-state index is 13.0. The second-order valence-corrected chi connectivity index (χ2v) is 18.8. The summed E-state index contributed by atoms with van der Waals surface area (Å²) >= 11 is 0. The van der Waals surface area contributed by atoms with Crippen molar-refractivity contribution in [1.82, 2.24) is 5.32 Å². The molecule has 1 aliphatic carbocycles.